The van der Waals surface area contributed by atoms with Crippen molar-refractivity contribution < 1.29 is 14.7 Å². The minimum atomic E-state index is -0.891. The van der Waals surface area contributed by atoms with Crippen LogP contribution in [0.5, 0.6) is 0 Å². The highest BCUT2D eigenvalue weighted by Crippen LogP contribution is 2.37. The third-order valence-corrected chi connectivity index (χ3v) is 5.58. The second kappa shape index (κ2) is 7.13. The predicted octanol–water partition coefficient (Wildman–Crippen LogP) is 3.99. The number of carboxylic acid groups (broad SMARTS) is 1. The Hall–Kier alpha value is -2.21. The molecule has 2 N–H and O–H groups in total. The number of carboxylic acids is 1. The molecule has 1 aliphatic rings. The van der Waals surface area contributed by atoms with Gasteiger partial charge in [-0.05, 0) is 37.5 Å². The molecular weight excluding hydrogens is 324 g/mol. The summed E-state index contributed by atoms with van der Waals surface area (Å²) in [7, 11) is 0. The summed E-state index contributed by atoms with van der Waals surface area (Å²) >= 11 is 1.48. The van der Waals surface area contributed by atoms with E-state index in [-0.39, 0.29) is 12.3 Å². The molecule has 1 aromatic carbocycles. The zero-order chi connectivity index (χ0) is 17.1. The Labute approximate surface area is 144 Å². The summed E-state index contributed by atoms with van der Waals surface area (Å²) in [6.07, 6.45) is 4.73. The molecule has 1 heterocycles. The molecule has 0 aliphatic heterocycles. The molecule has 0 unspecified atom stereocenters. The Morgan fingerprint density at radius 1 is 1.33 bits per heavy atom. The number of carbonyl (C=O) groups excluding carboxylic acids is 1. The van der Waals surface area contributed by atoms with Crippen LogP contribution in [0.4, 0.5) is 5.69 Å². The molecule has 1 aliphatic carbocycles. The number of hydrogen-bond donors (Lipinski definition) is 2. The smallest absolute Gasteiger partial charge is 0.307 e. The van der Waals surface area contributed by atoms with Gasteiger partial charge in [-0.3, -0.25) is 9.59 Å². The summed E-state index contributed by atoms with van der Waals surface area (Å²) < 4.78 is 0. The van der Waals surface area contributed by atoms with Gasteiger partial charge in [0.1, 0.15) is 4.88 Å². The minimum absolute atomic E-state index is 0.0604. The number of rotatable bonds is 5. The van der Waals surface area contributed by atoms with E-state index in [0.717, 1.165) is 23.5 Å². The van der Waals surface area contributed by atoms with Crippen molar-refractivity contribution in [2.24, 2.45) is 0 Å². The van der Waals surface area contributed by atoms with Gasteiger partial charge in [-0.25, -0.2) is 4.98 Å². The van der Waals surface area contributed by atoms with E-state index >= 15 is 0 Å². The zero-order valence-electron chi connectivity index (χ0n) is 13.5. The number of nitrogens with zero attached hydrogens (tertiary/aromatic N) is 1. The van der Waals surface area contributed by atoms with Gasteiger partial charge in [-0.2, -0.15) is 0 Å². The van der Waals surface area contributed by atoms with Crippen LogP contribution in [0.15, 0.2) is 24.3 Å². The van der Waals surface area contributed by atoms with Gasteiger partial charge < -0.3 is 10.4 Å². The number of aromatic nitrogens is 1. The van der Waals surface area contributed by atoms with Gasteiger partial charge in [0.2, 0.25) is 0 Å². The standard InChI is InChI=1S/C18H20N2O3S/c1-11-16(24-18(19-11)13-6-2-3-7-13)17(23)20-14-8-4-5-12(9-14)10-15(21)22/h4-5,8-9,13H,2-3,6-7,10H2,1H3,(H,20,23)(H,21,22). The van der Waals surface area contributed by atoms with Crippen LogP contribution in [0.3, 0.4) is 0 Å². The van der Waals surface area contributed by atoms with Crippen LogP contribution in [-0.2, 0) is 11.2 Å². The lowest BCUT2D eigenvalue weighted by atomic mass is 10.1. The lowest BCUT2D eigenvalue weighted by Gasteiger charge is -2.06. The fraction of sp³-hybridized carbons (Fsp3) is 0.389. The monoisotopic (exact) mass is 344 g/mol. The van der Waals surface area contributed by atoms with E-state index in [0.29, 0.717) is 22.0 Å². The molecule has 1 saturated carbocycles. The van der Waals surface area contributed by atoms with Crippen molar-refractivity contribution in [3.8, 4) is 0 Å². The predicted molar refractivity (Wildman–Crippen MR) is 93.8 cm³/mol. The first kappa shape index (κ1) is 16.6. The van der Waals surface area contributed by atoms with Crippen molar-refractivity contribution in [3.63, 3.8) is 0 Å². The van der Waals surface area contributed by atoms with Crippen LogP contribution >= 0.6 is 11.3 Å². The highest BCUT2D eigenvalue weighted by molar-refractivity contribution is 7.14. The molecular formula is C18H20N2O3S. The van der Waals surface area contributed by atoms with E-state index in [9.17, 15) is 9.59 Å². The van der Waals surface area contributed by atoms with Crippen molar-refractivity contribution in [2.75, 3.05) is 5.32 Å². The molecule has 0 saturated heterocycles. The number of carbonyl (C=O) groups is 2. The maximum Gasteiger partial charge on any atom is 0.307 e. The summed E-state index contributed by atoms with van der Waals surface area (Å²) in [5, 5.41) is 12.8. The average Bonchev–Trinajstić information content (AvgIpc) is 3.16. The van der Waals surface area contributed by atoms with Crippen LogP contribution in [0.1, 0.15) is 57.5 Å². The van der Waals surface area contributed by atoms with Crippen LogP contribution in [-0.4, -0.2) is 22.0 Å². The second-order valence-corrected chi connectivity index (χ2v) is 7.20. The Bertz CT molecular complexity index is 763. The van der Waals surface area contributed by atoms with Gasteiger partial charge in [-0.15, -0.1) is 11.3 Å². The van der Waals surface area contributed by atoms with E-state index in [1.54, 1.807) is 24.3 Å². The van der Waals surface area contributed by atoms with E-state index in [1.165, 1.54) is 24.2 Å². The summed E-state index contributed by atoms with van der Waals surface area (Å²) in [6.45, 7) is 1.87. The lowest BCUT2D eigenvalue weighted by molar-refractivity contribution is -0.136. The molecule has 3 rings (SSSR count). The number of anilines is 1. The number of hydrogen-bond acceptors (Lipinski definition) is 4. The Morgan fingerprint density at radius 3 is 2.79 bits per heavy atom. The normalized spacial score (nSPS) is 14.7. The number of benzene rings is 1. The average molecular weight is 344 g/mol. The first-order chi connectivity index (χ1) is 11.5. The number of aliphatic carboxylic acids is 1. The third kappa shape index (κ3) is 3.82. The fourth-order valence-corrected chi connectivity index (χ4v) is 4.23. The van der Waals surface area contributed by atoms with Gasteiger partial charge in [0.15, 0.2) is 0 Å². The molecule has 5 nitrogen and oxygen atoms in total. The molecule has 0 spiro atoms. The van der Waals surface area contributed by atoms with E-state index in [1.807, 2.05) is 6.92 Å². The Morgan fingerprint density at radius 2 is 2.08 bits per heavy atom. The Balaban J connectivity index is 1.74. The van der Waals surface area contributed by atoms with Crippen molar-refractivity contribution in [3.05, 3.63) is 45.4 Å². The van der Waals surface area contributed by atoms with E-state index in [2.05, 4.69) is 10.3 Å². The highest BCUT2D eigenvalue weighted by Gasteiger charge is 2.23. The van der Waals surface area contributed by atoms with Gasteiger partial charge in [0.05, 0.1) is 17.1 Å². The molecule has 0 radical (unpaired) electrons. The van der Waals surface area contributed by atoms with Crippen molar-refractivity contribution >= 4 is 28.9 Å². The van der Waals surface area contributed by atoms with E-state index in [4.69, 9.17) is 5.11 Å². The Kier molecular flexibility index (Phi) is 4.94. The van der Waals surface area contributed by atoms with E-state index < -0.39 is 5.97 Å². The minimum Gasteiger partial charge on any atom is -0.481 e. The van der Waals surface area contributed by atoms with Gasteiger partial charge in [0, 0.05) is 11.6 Å². The largest absolute Gasteiger partial charge is 0.481 e. The topological polar surface area (TPSA) is 79.3 Å². The van der Waals surface area contributed by atoms with Gasteiger partial charge in [-0.1, -0.05) is 25.0 Å². The van der Waals surface area contributed by atoms with Crippen molar-refractivity contribution in [1.29, 1.82) is 0 Å². The number of thiazole rings is 1. The third-order valence-electron chi connectivity index (χ3n) is 4.26. The number of amides is 1. The molecule has 2 aromatic rings. The highest BCUT2D eigenvalue weighted by atomic mass is 32.1. The summed E-state index contributed by atoms with van der Waals surface area (Å²) in [4.78, 5) is 28.6. The lowest BCUT2D eigenvalue weighted by Crippen LogP contribution is -2.12. The van der Waals surface area contributed by atoms with Crippen LogP contribution < -0.4 is 5.32 Å². The first-order valence-corrected chi connectivity index (χ1v) is 8.94. The molecule has 0 bridgehead atoms. The molecule has 1 amide bonds. The van der Waals surface area contributed by atoms with Gasteiger partial charge in [0.25, 0.3) is 5.91 Å². The number of aryl methyl sites for hydroxylation is 1. The summed E-state index contributed by atoms with van der Waals surface area (Å²) in [6, 6.07) is 6.94. The van der Waals surface area contributed by atoms with Crippen LogP contribution in [0, 0.1) is 6.92 Å². The summed E-state index contributed by atoms with van der Waals surface area (Å²) in [5.41, 5.74) is 2.03. The van der Waals surface area contributed by atoms with Crippen molar-refractivity contribution in [1.82, 2.24) is 4.98 Å². The van der Waals surface area contributed by atoms with Gasteiger partial charge >= 0.3 is 5.97 Å². The van der Waals surface area contributed by atoms with Crippen LogP contribution in [0.2, 0.25) is 0 Å². The molecule has 0 atom stereocenters. The maximum absolute atomic E-state index is 12.5. The molecule has 24 heavy (non-hydrogen) atoms. The number of nitrogens with one attached hydrogen (secondary N) is 1. The van der Waals surface area contributed by atoms with Crippen LogP contribution in [0.25, 0.3) is 0 Å². The molecule has 1 fully saturated rings. The quantitative estimate of drug-likeness (QED) is 0.859. The zero-order valence-corrected chi connectivity index (χ0v) is 14.4. The first-order valence-electron chi connectivity index (χ1n) is 8.12. The second-order valence-electron chi connectivity index (χ2n) is 6.17. The molecule has 126 valence electrons. The SMILES string of the molecule is Cc1nc(C2CCCC2)sc1C(=O)Nc1cccc(CC(=O)O)c1. The van der Waals surface area contributed by atoms with Crippen molar-refractivity contribution in [2.45, 2.75) is 44.9 Å². The molecule has 1 aromatic heterocycles. The summed E-state index contributed by atoms with van der Waals surface area (Å²) in [5.74, 6) is -0.575. The fourth-order valence-electron chi connectivity index (χ4n) is 3.10. The maximum atomic E-state index is 12.5. The molecule has 6 heteroatoms.